The lowest BCUT2D eigenvalue weighted by atomic mass is 10.1. The van der Waals surface area contributed by atoms with Crippen LogP contribution < -0.4 is 15.4 Å². The van der Waals surface area contributed by atoms with Crippen LogP contribution in [0.3, 0.4) is 0 Å². The van der Waals surface area contributed by atoms with E-state index in [2.05, 4.69) is 36.5 Å². The highest BCUT2D eigenvalue weighted by Crippen LogP contribution is 2.36. The van der Waals surface area contributed by atoms with Gasteiger partial charge in [-0.25, -0.2) is 0 Å². The third-order valence-corrected chi connectivity index (χ3v) is 6.18. The van der Waals surface area contributed by atoms with E-state index in [1.807, 2.05) is 12.1 Å². The number of anilines is 1. The molecule has 3 aromatic carbocycles. The SMILES string of the molecule is O=C(Nc1ccc(Br)c(C(F)(F)F)c1)c1ccc2ccc(Oc3ccnc(C4=NCCN4)c3)cc2c1. The topological polar surface area (TPSA) is 75.6 Å². The molecule has 0 saturated carbocycles. The molecule has 0 radical (unpaired) electrons. The van der Waals surface area contributed by atoms with Gasteiger partial charge in [0.2, 0.25) is 0 Å². The van der Waals surface area contributed by atoms with Crippen LogP contribution in [0.4, 0.5) is 18.9 Å². The molecular formula is C26H18BrF3N4O2. The Labute approximate surface area is 212 Å². The summed E-state index contributed by atoms with van der Waals surface area (Å²) < 4.78 is 45.5. The minimum atomic E-state index is -4.55. The van der Waals surface area contributed by atoms with Crippen molar-refractivity contribution in [2.45, 2.75) is 6.18 Å². The molecule has 5 rings (SSSR count). The van der Waals surface area contributed by atoms with E-state index >= 15 is 0 Å². The number of nitrogens with zero attached hydrogens (tertiary/aromatic N) is 2. The fraction of sp³-hybridized carbons (Fsp3) is 0.115. The van der Waals surface area contributed by atoms with Crippen molar-refractivity contribution in [2.24, 2.45) is 4.99 Å². The molecule has 1 amide bonds. The van der Waals surface area contributed by atoms with Crippen molar-refractivity contribution < 1.29 is 22.7 Å². The predicted octanol–water partition coefficient (Wildman–Crippen LogP) is 6.41. The van der Waals surface area contributed by atoms with Crippen molar-refractivity contribution in [3.63, 3.8) is 0 Å². The molecule has 0 unspecified atom stereocenters. The number of halogens is 4. The molecule has 0 bridgehead atoms. The fourth-order valence-electron chi connectivity index (χ4n) is 3.76. The lowest BCUT2D eigenvalue weighted by Crippen LogP contribution is -2.20. The number of pyridine rings is 1. The van der Waals surface area contributed by atoms with Crippen molar-refractivity contribution in [1.29, 1.82) is 0 Å². The molecule has 0 atom stereocenters. The molecule has 0 spiro atoms. The van der Waals surface area contributed by atoms with E-state index in [1.165, 1.54) is 12.1 Å². The Morgan fingerprint density at radius 1 is 0.972 bits per heavy atom. The van der Waals surface area contributed by atoms with E-state index in [4.69, 9.17) is 4.74 Å². The second kappa shape index (κ2) is 9.62. The molecule has 1 aliphatic heterocycles. The van der Waals surface area contributed by atoms with E-state index in [-0.39, 0.29) is 10.2 Å². The van der Waals surface area contributed by atoms with Crippen molar-refractivity contribution >= 4 is 44.1 Å². The van der Waals surface area contributed by atoms with Crippen LogP contribution >= 0.6 is 15.9 Å². The van der Waals surface area contributed by atoms with Crippen LogP contribution in [0.5, 0.6) is 11.5 Å². The van der Waals surface area contributed by atoms with Gasteiger partial charge in [-0.15, -0.1) is 0 Å². The van der Waals surface area contributed by atoms with Crippen LogP contribution in [0, 0.1) is 0 Å². The van der Waals surface area contributed by atoms with E-state index in [0.29, 0.717) is 29.3 Å². The minimum absolute atomic E-state index is 0.0440. The van der Waals surface area contributed by atoms with Crippen molar-refractivity contribution in [2.75, 3.05) is 18.4 Å². The van der Waals surface area contributed by atoms with Crippen LogP contribution in [-0.2, 0) is 6.18 Å². The number of nitrogens with one attached hydrogen (secondary N) is 2. The summed E-state index contributed by atoms with van der Waals surface area (Å²) in [6, 6.07) is 17.6. The van der Waals surface area contributed by atoms with Gasteiger partial charge >= 0.3 is 6.18 Å². The first kappa shape index (κ1) is 23.8. The van der Waals surface area contributed by atoms with Crippen LogP contribution in [0.15, 0.2) is 82.4 Å². The van der Waals surface area contributed by atoms with E-state index in [0.717, 1.165) is 29.2 Å². The molecule has 1 aromatic heterocycles. The molecule has 2 N–H and O–H groups in total. The number of amidine groups is 1. The monoisotopic (exact) mass is 554 g/mol. The Balaban J connectivity index is 1.36. The number of amides is 1. The number of ether oxygens (including phenoxy) is 1. The number of benzene rings is 3. The van der Waals surface area contributed by atoms with Gasteiger partial charge in [0.1, 0.15) is 23.0 Å². The second-order valence-electron chi connectivity index (χ2n) is 8.01. The largest absolute Gasteiger partial charge is 0.457 e. The maximum absolute atomic E-state index is 13.2. The highest BCUT2D eigenvalue weighted by molar-refractivity contribution is 9.10. The number of fused-ring (bicyclic) bond motifs is 1. The molecule has 36 heavy (non-hydrogen) atoms. The number of carbonyl (C=O) groups is 1. The highest BCUT2D eigenvalue weighted by atomic mass is 79.9. The summed E-state index contributed by atoms with van der Waals surface area (Å²) in [5.74, 6) is 1.34. The number of carbonyl (C=O) groups excluding carboxylic acids is 1. The van der Waals surface area contributed by atoms with Crippen molar-refractivity contribution in [3.05, 3.63) is 94.2 Å². The summed E-state index contributed by atoms with van der Waals surface area (Å²) in [6.07, 6.45) is -2.90. The van der Waals surface area contributed by atoms with Crippen LogP contribution in [0.25, 0.3) is 10.8 Å². The first-order valence-corrected chi connectivity index (χ1v) is 11.7. The molecule has 0 saturated heterocycles. The van der Waals surface area contributed by atoms with Crippen LogP contribution in [0.2, 0.25) is 0 Å². The van der Waals surface area contributed by atoms with Gasteiger partial charge in [-0.3, -0.25) is 14.8 Å². The molecule has 4 aromatic rings. The Morgan fingerprint density at radius 3 is 2.56 bits per heavy atom. The Morgan fingerprint density at radius 2 is 1.78 bits per heavy atom. The third kappa shape index (κ3) is 5.18. The maximum atomic E-state index is 13.2. The van der Waals surface area contributed by atoms with Gasteiger partial charge in [0.05, 0.1) is 12.1 Å². The maximum Gasteiger partial charge on any atom is 0.417 e. The summed E-state index contributed by atoms with van der Waals surface area (Å²) in [7, 11) is 0. The average molecular weight is 555 g/mol. The second-order valence-corrected chi connectivity index (χ2v) is 8.86. The zero-order valence-electron chi connectivity index (χ0n) is 18.6. The van der Waals surface area contributed by atoms with Gasteiger partial charge < -0.3 is 15.4 Å². The fourth-order valence-corrected chi connectivity index (χ4v) is 4.23. The van der Waals surface area contributed by atoms with E-state index in [1.54, 1.807) is 42.6 Å². The lowest BCUT2D eigenvalue weighted by molar-refractivity contribution is -0.138. The standard InChI is InChI=1S/C26H18BrF3N4O2/c27-22-6-4-18(13-21(22)26(28,29)30)34-25(35)16-2-1-15-3-5-19(12-17(15)11-16)36-20-7-8-31-23(14-20)24-32-9-10-33-24/h1-8,11-14H,9-10H2,(H,32,33)(H,34,35). The molecule has 0 fully saturated rings. The van der Waals surface area contributed by atoms with Crippen LogP contribution in [0.1, 0.15) is 21.6 Å². The van der Waals surface area contributed by atoms with Crippen molar-refractivity contribution in [3.8, 4) is 11.5 Å². The average Bonchev–Trinajstić information content (AvgIpc) is 3.39. The van der Waals surface area contributed by atoms with E-state index < -0.39 is 17.6 Å². The predicted molar refractivity (Wildman–Crippen MR) is 135 cm³/mol. The number of alkyl halides is 3. The molecule has 1 aliphatic rings. The van der Waals surface area contributed by atoms with Gasteiger partial charge in [-0.2, -0.15) is 13.2 Å². The summed E-state index contributed by atoms with van der Waals surface area (Å²) in [5.41, 5.74) is 0.164. The Hall–Kier alpha value is -3.92. The highest BCUT2D eigenvalue weighted by Gasteiger charge is 2.33. The lowest BCUT2D eigenvalue weighted by Gasteiger charge is -2.12. The van der Waals surface area contributed by atoms with Gasteiger partial charge in [0, 0.05) is 34.5 Å². The summed E-state index contributed by atoms with van der Waals surface area (Å²) in [6.45, 7) is 1.47. The molecule has 0 aliphatic carbocycles. The summed E-state index contributed by atoms with van der Waals surface area (Å²) in [4.78, 5) is 21.5. The first-order valence-electron chi connectivity index (χ1n) is 10.9. The van der Waals surface area contributed by atoms with Gasteiger partial charge in [-0.05, 0) is 59.3 Å². The Bertz CT molecular complexity index is 1500. The molecule has 10 heteroatoms. The van der Waals surface area contributed by atoms with Gasteiger partial charge in [-0.1, -0.05) is 28.1 Å². The molecule has 6 nitrogen and oxygen atoms in total. The minimum Gasteiger partial charge on any atom is -0.457 e. The molecular weight excluding hydrogens is 537 g/mol. The summed E-state index contributed by atoms with van der Waals surface area (Å²) in [5, 5.41) is 7.32. The third-order valence-electron chi connectivity index (χ3n) is 5.49. The number of rotatable bonds is 5. The first-order chi connectivity index (χ1) is 17.3. The van der Waals surface area contributed by atoms with Gasteiger partial charge in [0.15, 0.2) is 0 Å². The Kier molecular flexibility index (Phi) is 6.36. The zero-order valence-corrected chi connectivity index (χ0v) is 20.2. The quantitative estimate of drug-likeness (QED) is 0.299. The number of hydrogen-bond acceptors (Lipinski definition) is 5. The number of aliphatic imine (C=N–C) groups is 1. The normalized spacial score (nSPS) is 13.3. The van der Waals surface area contributed by atoms with E-state index in [9.17, 15) is 18.0 Å². The summed E-state index contributed by atoms with van der Waals surface area (Å²) >= 11 is 2.90. The molecule has 182 valence electrons. The zero-order chi connectivity index (χ0) is 25.3. The number of aromatic nitrogens is 1. The smallest absolute Gasteiger partial charge is 0.417 e. The van der Waals surface area contributed by atoms with Crippen molar-refractivity contribution in [1.82, 2.24) is 10.3 Å². The number of hydrogen-bond donors (Lipinski definition) is 2. The van der Waals surface area contributed by atoms with Crippen LogP contribution in [-0.4, -0.2) is 29.8 Å². The molecule has 2 heterocycles. The van der Waals surface area contributed by atoms with Gasteiger partial charge in [0.25, 0.3) is 5.91 Å².